The van der Waals surface area contributed by atoms with Crippen LogP contribution in [0, 0.1) is 0 Å². The number of carbonyl (C=O) groups is 3. The second kappa shape index (κ2) is 54.7. The highest BCUT2D eigenvalue weighted by molar-refractivity contribution is 5.71. The molecule has 0 bridgehead atoms. The van der Waals surface area contributed by atoms with Crippen molar-refractivity contribution in [2.24, 2.45) is 0 Å². The van der Waals surface area contributed by atoms with Crippen molar-refractivity contribution in [3.8, 4) is 0 Å². The summed E-state index contributed by atoms with van der Waals surface area (Å²) < 4.78 is 16.7. The van der Waals surface area contributed by atoms with Gasteiger partial charge >= 0.3 is 17.9 Å². The Morgan fingerprint density at radius 1 is 0.328 bits per heavy atom. The second-order valence-corrected chi connectivity index (χ2v) is 17.8. The summed E-state index contributed by atoms with van der Waals surface area (Å²) in [6.45, 7) is 6.40. The molecule has 0 aliphatic heterocycles. The fraction of sp³-hybridized carbons (Fsp3) is 0.656. The van der Waals surface area contributed by atoms with Crippen LogP contribution in [0.4, 0.5) is 0 Å². The Morgan fingerprint density at radius 3 is 1.10 bits per heavy atom. The molecule has 0 radical (unpaired) electrons. The summed E-state index contributed by atoms with van der Waals surface area (Å²) in [6, 6.07) is 0. The second-order valence-electron chi connectivity index (χ2n) is 17.8. The summed E-state index contributed by atoms with van der Waals surface area (Å²) in [5.74, 6) is -1.04. The van der Waals surface area contributed by atoms with E-state index in [1.54, 1.807) is 0 Å². The summed E-state index contributed by atoms with van der Waals surface area (Å²) in [4.78, 5) is 38.0. The van der Waals surface area contributed by atoms with Gasteiger partial charge in [0, 0.05) is 19.3 Å². The van der Waals surface area contributed by atoms with Gasteiger partial charge in [0.2, 0.25) is 0 Å². The Kier molecular flexibility index (Phi) is 51.5. The van der Waals surface area contributed by atoms with Gasteiger partial charge in [0.25, 0.3) is 0 Å². The monoisotopic (exact) mass is 929 g/mol. The van der Waals surface area contributed by atoms with Gasteiger partial charge in [-0.25, -0.2) is 0 Å². The zero-order valence-electron chi connectivity index (χ0n) is 43.4. The van der Waals surface area contributed by atoms with Crippen LogP contribution in [0.2, 0.25) is 0 Å². The molecule has 0 aliphatic carbocycles. The fourth-order valence-electron chi connectivity index (χ4n) is 7.16. The maximum absolute atomic E-state index is 12.8. The van der Waals surface area contributed by atoms with Gasteiger partial charge in [-0.2, -0.15) is 0 Å². The zero-order chi connectivity index (χ0) is 48.6. The molecular weight excluding hydrogens is 829 g/mol. The predicted molar refractivity (Wildman–Crippen MR) is 288 cm³/mol. The van der Waals surface area contributed by atoms with E-state index in [4.69, 9.17) is 14.2 Å². The molecule has 0 aromatic rings. The highest BCUT2D eigenvalue weighted by atomic mass is 16.6. The molecule has 6 heteroatoms. The third-order valence-electron chi connectivity index (χ3n) is 11.3. The van der Waals surface area contributed by atoms with Crippen molar-refractivity contribution >= 4 is 17.9 Å². The van der Waals surface area contributed by atoms with E-state index < -0.39 is 12.1 Å². The minimum atomic E-state index is -0.834. The van der Waals surface area contributed by atoms with Crippen LogP contribution < -0.4 is 0 Å². The number of carbonyl (C=O) groups excluding carboxylic acids is 3. The summed E-state index contributed by atoms with van der Waals surface area (Å²) in [5.41, 5.74) is 0. The van der Waals surface area contributed by atoms with Gasteiger partial charge in [0.05, 0.1) is 0 Å². The lowest BCUT2D eigenvalue weighted by atomic mass is 10.1. The van der Waals surface area contributed by atoms with Gasteiger partial charge in [0.15, 0.2) is 6.10 Å². The van der Waals surface area contributed by atoms with Gasteiger partial charge in [-0.3, -0.25) is 14.4 Å². The third kappa shape index (κ3) is 52.9. The van der Waals surface area contributed by atoms with Crippen molar-refractivity contribution in [1.82, 2.24) is 0 Å². The summed E-state index contributed by atoms with van der Waals surface area (Å²) >= 11 is 0. The Labute approximate surface area is 412 Å². The van der Waals surface area contributed by atoms with E-state index in [0.29, 0.717) is 19.3 Å². The number of rotatable bonds is 48. The van der Waals surface area contributed by atoms with E-state index in [2.05, 4.69) is 118 Å². The fourth-order valence-corrected chi connectivity index (χ4v) is 7.16. The van der Waals surface area contributed by atoms with Crippen LogP contribution in [0.1, 0.15) is 239 Å². The number of esters is 3. The van der Waals surface area contributed by atoms with Crippen molar-refractivity contribution in [3.63, 3.8) is 0 Å². The molecule has 0 saturated heterocycles. The minimum absolute atomic E-state index is 0.122. The smallest absolute Gasteiger partial charge is 0.306 e. The summed E-state index contributed by atoms with van der Waals surface area (Å²) in [7, 11) is 0. The number of ether oxygens (including phenoxy) is 3. The Morgan fingerprint density at radius 2 is 0.657 bits per heavy atom. The predicted octanol–water partition coefficient (Wildman–Crippen LogP) is 18.3. The van der Waals surface area contributed by atoms with Crippen LogP contribution in [0.15, 0.2) is 109 Å². The van der Waals surface area contributed by atoms with Crippen LogP contribution in [0.5, 0.6) is 0 Å². The standard InChI is InChI=1S/C61H100O6/c1-4-7-10-13-16-19-22-25-28-31-34-36-39-42-45-48-51-54-60(63)66-57-58(67-61(64)55-52-49-46-43-40-37-33-30-27-24-21-18-15-12-9-6-3)56-65-59(62)53-50-47-44-41-38-35-32-29-26-23-20-17-14-11-8-5-2/h9,12,16,18-19,21,25,27-30,32,35,37-38,40,46,49,58H,4-8,10-11,13-15,17,20,22-24,26,31,33-34,36,39,41-45,47-48,50-57H2,1-3H3/b12-9-,19-16-,21-18-,28-25-,30-27-,32-29-,38-35-,40-37-,49-46-. The SMILES string of the molecule is CC/C=C\C/C=C\C/C=C\C/C=C\C/C=C\CCC(=O)OC(COC(=O)CCCCC/C=C\C=C/CCCCCCCCC)COC(=O)CCCCCCCCC/C=C\C/C=C\CCCCC. The van der Waals surface area contributed by atoms with Crippen molar-refractivity contribution in [2.45, 2.75) is 245 Å². The molecule has 0 aliphatic rings. The van der Waals surface area contributed by atoms with E-state index in [1.807, 2.05) is 12.2 Å². The van der Waals surface area contributed by atoms with Crippen LogP contribution in [-0.4, -0.2) is 37.2 Å². The molecule has 67 heavy (non-hydrogen) atoms. The number of unbranched alkanes of at least 4 members (excludes halogenated alkanes) is 20. The average molecular weight is 929 g/mol. The maximum atomic E-state index is 12.8. The number of hydrogen-bond acceptors (Lipinski definition) is 6. The molecule has 1 unspecified atom stereocenters. The molecule has 0 aromatic heterocycles. The van der Waals surface area contributed by atoms with Gasteiger partial charge < -0.3 is 14.2 Å². The summed E-state index contributed by atoms with van der Waals surface area (Å²) in [5, 5.41) is 0. The van der Waals surface area contributed by atoms with E-state index in [9.17, 15) is 14.4 Å². The third-order valence-corrected chi connectivity index (χ3v) is 11.3. The summed E-state index contributed by atoms with van der Waals surface area (Å²) in [6.07, 6.45) is 73.7. The molecule has 1 atom stereocenters. The first-order chi connectivity index (χ1) is 33.0. The number of hydrogen-bond donors (Lipinski definition) is 0. The molecule has 0 N–H and O–H groups in total. The quantitative estimate of drug-likeness (QED) is 0.0199. The highest BCUT2D eigenvalue weighted by Gasteiger charge is 2.19. The van der Waals surface area contributed by atoms with Crippen molar-refractivity contribution < 1.29 is 28.6 Å². The first kappa shape index (κ1) is 63.1. The highest BCUT2D eigenvalue weighted by Crippen LogP contribution is 2.13. The molecule has 0 aromatic carbocycles. The minimum Gasteiger partial charge on any atom is -0.462 e. The topological polar surface area (TPSA) is 78.9 Å². The largest absolute Gasteiger partial charge is 0.462 e. The molecule has 6 nitrogen and oxygen atoms in total. The van der Waals surface area contributed by atoms with E-state index in [1.165, 1.54) is 96.3 Å². The van der Waals surface area contributed by atoms with Gasteiger partial charge in [-0.05, 0) is 109 Å². The Hall–Kier alpha value is -3.93. The van der Waals surface area contributed by atoms with E-state index >= 15 is 0 Å². The Balaban J connectivity index is 4.55. The molecule has 0 rings (SSSR count). The maximum Gasteiger partial charge on any atom is 0.306 e. The molecule has 380 valence electrons. The zero-order valence-corrected chi connectivity index (χ0v) is 43.4. The lowest BCUT2D eigenvalue weighted by molar-refractivity contribution is -0.166. The van der Waals surface area contributed by atoms with Gasteiger partial charge in [-0.15, -0.1) is 0 Å². The van der Waals surface area contributed by atoms with Crippen LogP contribution in [-0.2, 0) is 28.6 Å². The molecule has 0 spiro atoms. The van der Waals surface area contributed by atoms with Crippen molar-refractivity contribution in [3.05, 3.63) is 109 Å². The molecule has 0 fully saturated rings. The lowest BCUT2D eigenvalue weighted by Crippen LogP contribution is -2.30. The van der Waals surface area contributed by atoms with Gasteiger partial charge in [0.1, 0.15) is 13.2 Å². The Bertz CT molecular complexity index is 1390. The normalized spacial score (nSPS) is 12.9. The van der Waals surface area contributed by atoms with Gasteiger partial charge in [-0.1, -0.05) is 220 Å². The molecular formula is C61H100O6. The van der Waals surface area contributed by atoms with Crippen LogP contribution in [0.3, 0.4) is 0 Å². The van der Waals surface area contributed by atoms with E-state index in [-0.39, 0.29) is 31.6 Å². The first-order valence-corrected chi connectivity index (χ1v) is 27.4. The molecule has 0 heterocycles. The molecule has 0 amide bonds. The number of allylic oxidation sites excluding steroid dienone is 18. The van der Waals surface area contributed by atoms with E-state index in [0.717, 1.165) is 96.3 Å². The van der Waals surface area contributed by atoms with Crippen molar-refractivity contribution in [1.29, 1.82) is 0 Å². The average Bonchev–Trinajstić information content (AvgIpc) is 3.33. The first-order valence-electron chi connectivity index (χ1n) is 27.4. The lowest BCUT2D eigenvalue weighted by Gasteiger charge is -2.18. The van der Waals surface area contributed by atoms with Crippen LogP contribution >= 0.6 is 0 Å². The van der Waals surface area contributed by atoms with Crippen molar-refractivity contribution in [2.75, 3.05) is 13.2 Å². The van der Waals surface area contributed by atoms with Crippen LogP contribution in [0.25, 0.3) is 0 Å². The molecule has 0 saturated carbocycles.